The number of likely N-dealkylation sites (tertiary alicyclic amines) is 1. The number of carbonyl (C=O) groups is 4. The molecule has 3 aromatic rings. The highest BCUT2D eigenvalue weighted by atomic mass is 16.5. The van der Waals surface area contributed by atoms with Gasteiger partial charge in [-0.2, -0.15) is 0 Å². The van der Waals surface area contributed by atoms with E-state index in [1.807, 2.05) is 18.2 Å². The van der Waals surface area contributed by atoms with Crippen molar-refractivity contribution in [2.75, 3.05) is 25.5 Å². The van der Waals surface area contributed by atoms with E-state index in [1.54, 1.807) is 23.1 Å². The van der Waals surface area contributed by atoms with Crippen LogP contribution in [0.2, 0.25) is 0 Å². The number of amides is 3. The minimum Gasteiger partial charge on any atom is -0.464 e. The third-order valence-corrected chi connectivity index (χ3v) is 7.51. The quantitative estimate of drug-likeness (QED) is 0.277. The number of alkyl carbamates (subject to hydrolysis) is 1. The third-order valence-electron chi connectivity index (χ3n) is 7.51. The Bertz CT molecular complexity index is 1610. The lowest BCUT2D eigenvalue weighted by Gasteiger charge is -2.17. The summed E-state index contributed by atoms with van der Waals surface area (Å²) in [5, 5.41) is 15.9. The van der Waals surface area contributed by atoms with Crippen LogP contribution in [0.3, 0.4) is 0 Å². The van der Waals surface area contributed by atoms with Crippen molar-refractivity contribution in [2.45, 2.75) is 58.5 Å². The van der Waals surface area contributed by atoms with Gasteiger partial charge >= 0.3 is 12.2 Å². The van der Waals surface area contributed by atoms with Crippen LogP contribution in [0.25, 0.3) is 10.9 Å². The molecule has 1 aliphatic rings. The van der Waals surface area contributed by atoms with Gasteiger partial charge in [-0.1, -0.05) is 38.1 Å². The molecule has 1 fully saturated rings. The maximum absolute atomic E-state index is 13.4. The van der Waals surface area contributed by atoms with Gasteiger partial charge in [-0.05, 0) is 67.9 Å². The Balaban J connectivity index is 1.52. The van der Waals surface area contributed by atoms with Crippen LogP contribution in [0.5, 0.6) is 0 Å². The number of nitrogens with zero attached hydrogens (tertiary/aromatic N) is 3. The molecule has 3 amide bonds. The number of carboxylic acid groups (broad SMARTS) is 1. The molecule has 0 bridgehead atoms. The largest absolute Gasteiger partial charge is 0.464 e. The number of hydrogen-bond acceptors (Lipinski definition) is 6. The second kappa shape index (κ2) is 14.5. The monoisotopic (exact) mass is 605 g/mol. The second-order valence-electron chi connectivity index (χ2n) is 11.3. The lowest BCUT2D eigenvalue weighted by molar-refractivity contribution is -0.125. The molecule has 1 atom stereocenters. The van der Waals surface area contributed by atoms with Gasteiger partial charge in [-0.15, -0.1) is 0 Å². The number of fused-ring (bicyclic) bond motifs is 1. The molecular formula is C32H39N5O7. The average molecular weight is 606 g/mol. The summed E-state index contributed by atoms with van der Waals surface area (Å²) in [5.74, 6) is -0.412. The van der Waals surface area contributed by atoms with Gasteiger partial charge in [0.1, 0.15) is 11.7 Å². The predicted molar refractivity (Wildman–Crippen MR) is 166 cm³/mol. The van der Waals surface area contributed by atoms with Gasteiger partial charge in [0, 0.05) is 24.7 Å². The third kappa shape index (κ3) is 7.74. The molecule has 0 saturated carbocycles. The van der Waals surface area contributed by atoms with Crippen molar-refractivity contribution in [3.63, 3.8) is 0 Å². The molecule has 0 unspecified atom stereocenters. The first-order valence-electron chi connectivity index (χ1n) is 14.7. The van der Waals surface area contributed by atoms with Crippen LogP contribution in [0, 0.1) is 5.92 Å². The Morgan fingerprint density at radius 2 is 1.84 bits per heavy atom. The summed E-state index contributed by atoms with van der Waals surface area (Å²) in [6.07, 6.45) is 5.80. The molecule has 3 heterocycles. The Hall–Kier alpha value is -4.87. The Morgan fingerprint density at radius 1 is 1.09 bits per heavy atom. The van der Waals surface area contributed by atoms with Crippen molar-refractivity contribution < 1.29 is 29.0 Å². The van der Waals surface area contributed by atoms with E-state index in [4.69, 9.17) is 0 Å². The Labute approximate surface area is 255 Å². The van der Waals surface area contributed by atoms with Crippen LogP contribution in [0.15, 0.2) is 59.5 Å². The summed E-state index contributed by atoms with van der Waals surface area (Å²) in [6.45, 7) is 5.52. The van der Waals surface area contributed by atoms with Crippen molar-refractivity contribution in [3.8, 4) is 0 Å². The molecule has 44 heavy (non-hydrogen) atoms. The highest BCUT2D eigenvalue weighted by Crippen LogP contribution is 2.26. The summed E-state index contributed by atoms with van der Waals surface area (Å²) in [4.78, 5) is 64.9. The van der Waals surface area contributed by atoms with E-state index >= 15 is 0 Å². The Kier molecular flexibility index (Phi) is 10.6. The maximum atomic E-state index is 13.4. The first kappa shape index (κ1) is 32.1. The molecule has 234 valence electrons. The molecule has 0 radical (unpaired) electrons. The van der Waals surface area contributed by atoms with Gasteiger partial charge in [0.25, 0.3) is 5.56 Å². The number of hydrogen-bond donors (Lipinski definition) is 3. The molecule has 12 nitrogen and oxygen atoms in total. The van der Waals surface area contributed by atoms with E-state index in [0.717, 1.165) is 36.9 Å². The van der Waals surface area contributed by atoms with Crippen LogP contribution in [-0.2, 0) is 27.3 Å². The fraction of sp³-hybridized carbons (Fsp3) is 0.406. The maximum Gasteiger partial charge on any atom is 0.416 e. The molecule has 1 aromatic carbocycles. The summed E-state index contributed by atoms with van der Waals surface area (Å²) in [5.41, 5.74) is 1.31. The number of rotatable bonds is 11. The molecule has 0 aliphatic carbocycles. The smallest absolute Gasteiger partial charge is 0.416 e. The van der Waals surface area contributed by atoms with Crippen LogP contribution < -0.4 is 16.2 Å². The minimum absolute atomic E-state index is 0.0348. The fourth-order valence-electron chi connectivity index (χ4n) is 5.44. The highest BCUT2D eigenvalue weighted by Gasteiger charge is 2.23. The first-order valence-corrected chi connectivity index (χ1v) is 14.7. The number of anilines is 1. The molecule has 0 spiro atoms. The molecule has 1 aliphatic heterocycles. The number of allylic oxidation sites excluding steroid dienone is 1. The molecule has 3 N–H and O–H groups in total. The highest BCUT2D eigenvalue weighted by molar-refractivity contribution is 5.96. The van der Waals surface area contributed by atoms with Crippen molar-refractivity contribution in [1.82, 2.24) is 19.4 Å². The molecule has 12 heteroatoms. The van der Waals surface area contributed by atoms with Gasteiger partial charge in [0.2, 0.25) is 11.8 Å². The molecular weight excluding hydrogens is 566 g/mol. The zero-order valence-corrected chi connectivity index (χ0v) is 25.2. The lowest BCUT2D eigenvalue weighted by Crippen LogP contribution is -2.44. The molecule has 4 rings (SSSR count). The summed E-state index contributed by atoms with van der Waals surface area (Å²) >= 11 is 0. The first-order chi connectivity index (χ1) is 21.1. The number of methoxy groups -OCH3 is 1. The SMILES string of the molecule is COC(=O)N[C@@H](CC/C=C/C(=O)N1CCCC1)C(=O)Nc1cccn(Cc2cc3cccc(CC(C)C)c3n2C(=O)O)c1=O. The summed E-state index contributed by atoms with van der Waals surface area (Å²) in [7, 11) is 1.18. The lowest BCUT2D eigenvalue weighted by atomic mass is 10.0. The summed E-state index contributed by atoms with van der Waals surface area (Å²) in [6, 6.07) is 9.36. The zero-order chi connectivity index (χ0) is 31.8. The molecule has 2 aromatic heterocycles. The number of aromatic nitrogens is 2. The van der Waals surface area contributed by atoms with E-state index in [-0.39, 0.29) is 24.6 Å². The average Bonchev–Trinajstić information content (AvgIpc) is 3.65. The topological polar surface area (TPSA) is 152 Å². The van der Waals surface area contributed by atoms with Gasteiger partial charge in [-0.3, -0.25) is 14.4 Å². The van der Waals surface area contributed by atoms with E-state index in [0.29, 0.717) is 30.0 Å². The van der Waals surface area contributed by atoms with Crippen LogP contribution >= 0.6 is 0 Å². The van der Waals surface area contributed by atoms with Crippen molar-refractivity contribution in [3.05, 3.63) is 76.4 Å². The van der Waals surface area contributed by atoms with Crippen LogP contribution in [0.4, 0.5) is 15.3 Å². The standard InChI is InChI=1S/C32H39N5O7/c1-21(2)18-22-10-8-11-23-19-24(37(28(22)23)32(42)43)20-36-17-9-13-26(30(36)40)33-29(39)25(34-31(41)44-3)12-4-5-14-27(38)35-15-6-7-16-35/h5,8-11,13-14,17,19,21,25H,4,6-7,12,15-16,18,20H2,1-3H3,(H,33,39)(H,34,41)(H,42,43)/b14-5+/t25-/m0/s1. The fourth-order valence-corrected chi connectivity index (χ4v) is 5.44. The van der Waals surface area contributed by atoms with Gasteiger partial charge in [0.05, 0.1) is 24.9 Å². The van der Waals surface area contributed by atoms with Crippen molar-refractivity contribution in [2.24, 2.45) is 5.92 Å². The normalized spacial score (nSPS) is 13.9. The number of para-hydroxylation sites is 1. The Morgan fingerprint density at radius 3 is 2.52 bits per heavy atom. The number of ether oxygens (including phenoxy) is 1. The van der Waals surface area contributed by atoms with E-state index in [9.17, 15) is 29.1 Å². The van der Waals surface area contributed by atoms with Crippen molar-refractivity contribution >= 4 is 40.6 Å². The van der Waals surface area contributed by atoms with Gasteiger partial charge in [0.15, 0.2) is 0 Å². The molecule has 1 saturated heterocycles. The van der Waals surface area contributed by atoms with Crippen LogP contribution in [0.1, 0.15) is 50.8 Å². The van der Waals surface area contributed by atoms with Crippen LogP contribution in [-0.4, -0.2) is 69.4 Å². The second-order valence-corrected chi connectivity index (χ2v) is 11.3. The van der Waals surface area contributed by atoms with E-state index in [2.05, 4.69) is 29.2 Å². The number of pyridine rings is 1. The number of benzene rings is 1. The van der Waals surface area contributed by atoms with E-state index in [1.165, 1.54) is 34.6 Å². The van der Waals surface area contributed by atoms with Gasteiger partial charge < -0.3 is 29.9 Å². The minimum atomic E-state index is -1.16. The number of nitrogens with one attached hydrogen (secondary N) is 2. The van der Waals surface area contributed by atoms with Gasteiger partial charge in [-0.25, -0.2) is 14.2 Å². The van der Waals surface area contributed by atoms with Crippen molar-refractivity contribution in [1.29, 1.82) is 0 Å². The zero-order valence-electron chi connectivity index (χ0n) is 25.2. The summed E-state index contributed by atoms with van der Waals surface area (Å²) < 4.78 is 7.19. The number of carbonyl (C=O) groups excluding carboxylic acids is 3. The van der Waals surface area contributed by atoms with E-state index < -0.39 is 29.7 Å². The predicted octanol–water partition coefficient (Wildman–Crippen LogP) is 4.20.